The molecule has 0 radical (unpaired) electrons. The molecule has 1 fully saturated rings. The lowest BCUT2D eigenvalue weighted by atomic mass is 10.1. The van der Waals surface area contributed by atoms with E-state index in [1.165, 1.54) is 12.8 Å². The van der Waals surface area contributed by atoms with Crippen LogP contribution < -0.4 is 5.32 Å². The second-order valence-electron chi connectivity index (χ2n) is 4.11. The van der Waals surface area contributed by atoms with E-state index in [2.05, 4.69) is 5.32 Å². The van der Waals surface area contributed by atoms with Crippen LogP contribution in [0.15, 0.2) is 18.2 Å². The highest BCUT2D eigenvalue weighted by atomic mass is 16.4. The summed E-state index contributed by atoms with van der Waals surface area (Å²) in [4.78, 5) is 10.8. The van der Waals surface area contributed by atoms with Gasteiger partial charge in [0.1, 0.15) is 0 Å². The first-order valence-electron chi connectivity index (χ1n) is 5.23. The van der Waals surface area contributed by atoms with Gasteiger partial charge in [0.05, 0.1) is 5.56 Å². The fourth-order valence-corrected chi connectivity index (χ4v) is 1.63. The van der Waals surface area contributed by atoms with Crippen LogP contribution in [0.2, 0.25) is 0 Å². The molecule has 2 N–H and O–H groups in total. The van der Waals surface area contributed by atoms with Crippen LogP contribution in [0.1, 0.15) is 34.3 Å². The van der Waals surface area contributed by atoms with Crippen molar-refractivity contribution >= 4 is 5.97 Å². The maximum atomic E-state index is 10.8. The third-order valence-corrected chi connectivity index (χ3v) is 2.69. The first-order valence-corrected chi connectivity index (χ1v) is 5.23. The van der Waals surface area contributed by atoms with Crippen molar-refractivity contribution in [1.29, 1.82) is 0 Å². The van der Waals surface area contributed by atoms with E-state index in [1.54, 1.807) is 6.07 Å². The Balaban J connectivity index is 2.06. The lowest BCUT2D eigenvalue weighted by Gasteiger charge is -2.06. The minimum absolute atomic E-state index is 0.394. The average molecular weight is 205 g/mol. The molecule has 1 aliphatic rings. The van der Waals surface area contributed by atoms with Crippen molar-refractivity contribution in [3.8, 4) is 0 Å². The molecule has 15 heavy (non-hydrogen) atoms. The molecule has 0 heterocycles. The monoisotopic (exact) mass is 205 g/mol. The molecule has 1 aromatic rings. The van der Waals surface area contributed by atoms with Gasteiger partial charge in [0.2, 0.25) is 0 Å². The van der Waals surface area contributed by atoms with Crippen LogP contribution in [0.4, 0.5) is 0 Å². The average Bonchev–Trinajstić information content (AvgIpc) is 2.97. The lowest BCUT2D eigenvalue weighted by molar-refractivity contribution is 0.0696. The molecule has 80 valence electrons. The summed E-state index contributed by atoms with van der Waals surface area (Å²) in [6.45, 7) is 2.68. The summed E-state index contributed by atoms with van der Waals surface area (Å²) in [7, 11) is 0. The van der Waals surface area contributed by atoms with E-state index in [0.717, 1.165) is 17.7 Å². The van der Waals surface area contributed by atoms with E-state index in [9.17, 15) is 4.79 Å². The van der Waals surface area contributed by atoms with E-state index in [4.69, 9.17) is 5.11 Å². The summed E-state index contributed by atoms with van der Waals surface area (Å²) in [5.74, 6) is -0.853. The van der Waals surface area contributed by atoms with Crippen LogP contribution in [0.3, 0.4) is 0 Å². The van der Waals surface area contributed by atoms with Crippen LogP contribution in [0.25, 0.3) is 0 Å². The number of aromatic carboxylic acids is 1. The van der Waals surface area contributed by atoms with Crippen LogP contribution in [0.5, 0.6) is 0 Å². The molecule has 0 unspecified atom stereocenters. The number of carbonyl (C=O) groups is 1. The van der Waals surface area contributed by atoms with Crippen molar-refractivity contribution in [3.63, 3.8) is 0 Å². The molecule has 0 aromatic heterocycles. The van der Waals surface area contributed by atoms with Gasteiger partial charge in [0, 0.05) is 12.6 Å². The van der Waals surface area contributed by atoms with E-state index in [1.807, 2.05) is 19.1 Å². The van der Waals surface area contributed by atoms with Gasteiger partial charge in [-0.15, -0.1) is 0 Å². The van der Waals surface area contributed by atoms with Crippen molar-refractivity contribution in [2.45, 2.75) is 32.4 Å². The first kappa shape index (κ1) is 10.2. The molecule has 0 saturated heterocycles. The van der Waals surface area contributed by atoms with Gasteiger partial charge in [-0.3, -0.25) is 0 Å². The van der Waals surface area contributed by atoms with Crippen LogP contribution >= 0.6 is 0 Å². The van der Waals surface area contributed by atoms with Gasteiger partial charge in [-0.2, -0.15) is 0 Å². The third kappa shape index (κ3) is 2.57. The highest BCUT2D eigenvalue weighted by Crippen LogP contribution is 2.19. The molecule has 3 heteroatoms. The van der Waals surface area contributed by atoms with Crippen molar-refractivity contribution in [3.05, 3.63) is 34.9 Å². The largest absolute Gasteiger partial charge is 0.478 e. The smallest absolute Gasteiger partial charge is 0.335 e. The van der Waals surface area contributed by atoms with Crippen LogP contribution in [0, 0.1) is 6.92 Å². The standard InChI is InChI=1S/C12H15NO2/c1-8-6-9(7-13-10-3-4-10)2-5-11(8)12(14)15/h2,5-6,10,13H,3-4,7H2,1H3,(H,14,15). The molecular weight excluding hydrogens is 190 g/mol. The fourth-order valence-electron chi connectivity index (χ4n) is 1.63. The second kappa shape index (κ2) is 4.03. The Morgan fingerprint density at radius 2 is 2.27 bits per heavy atom. The van der Waals surface area contributed by atoms with Gasteiger partial charge in [-0.05, 0) is 37.0 Å². The van der Waals surface area contributed by atoms with Gasteiger partial charge >= 0.3 is 5.97 Å². The Morgan fingerprint density at radius 1 is 1.53 bits per heavy atom. The highest BCUT2D eigenvalue weighted by Gasteiger charge is 2.20. The molecule has 2 rings (SSSR count). The predicted molar refractivity (Wildman–Crippen MR) is 58.0 cm³/mol. The van der Waals surface area contributed by atoms with Crippen molar-refractivity contribution in [2.24, 2.45) is 0 Å². The lowest BCUT2D eigenvalue weighted by Crippen LogP contribution is -2.15. The Labute approximate surface area is 89.1 Å². The quantitative estimate of drug-likeness (QED) is 0.789. The van der Waals surface area contributed by atoms with Gasteiger partial charge in [0.15, 0.2) is 0 Å². The normalized spacial score (nSPS) is 15.3. The Hall–Kier alpha value is -1.35. The molecule has 0 bridgehead atoms. The SMILES string of the molecule is Cc1cc(CNC2CC2)ccc1C(=O)O. The van der Waals surface area contributed by atoms with Crippen molar-refractivity contribution in [2.75, 3.05) is 0 Å². The number of carboxylic acids is 1. The zero-order valence-electron chi connectivity index (χ0n) is 8.79. The molecule has 0 spiro atoms. The summed E-state index contributed by atoms with van der Waals surface area (Å²) in [5, 5.41) is 12.3. The summed E-state index contributed by atoms with van der Waals surface area (Å²) >= 11 is 0. The molecule has 1 aromatic carbocycles. The van der Waals surface area contributed by atoms with Gasteiger partial charge < -0.3 is 10.4 Å². The van der Waals surface area contributed by atoms with Crippen molar-refractivity contribution in [1.82, 2.24) is 5.32 Å². The van der Waals surface area contributed by atoms with Gasteiger partial charge in [0.25, 0.3) is 0 Å². The minimum Gasteiger partial charge on any atom is -0.478 e. The Morgan fingerprint density at radius 3 is 2.80 bits per heavy atom. The summed E-state index contributed by atoms with van der Waals surface area (Å²) in [5.41, 5.74) is 2.38. The maximum absolute atomic E-state index is 10.8. The molecular formula is C12H15NO2. The second-order valence-corrected chi connectivity index (χ2v) is 4.11. The van der Waals surface area contributed by atoms with E-state index in [0.29, 0.717) is 11.6 Å². The summed E-state index contributed by atoms with van der Waals surface area (Å²) in [6.07, 6.45) is 2.54. The number of carboxylic acid groups (broad SMARTS) is 1. The molecule has 0 aliphatic heterocycles. The molecule has 1 saturated carbocycles. The van der Waals surface area contributed by atoms with E-state index >= 15 is 0 Å². The van der Waals surface area contributed by atoms with Crippen molar-refractivity contribution < 1.29 is 9.90 Å². The number of aryl methyl sites for hydroxylation is 1. The van der Waals surface area contributed by atoms with Crippen LogP contribution in [-0.4, -0.2) is 17.1 Å². The zero-order chi connectivity index (χ0) is 10.8. The number of benzene rings is 1. The predicted octanol–water partition coefficient (Wildman–Crippen LogP) is 1.95. The highest BCUT2D eigenvalue weighted by molar-refractivity contribution is 5.89. The zero-order valence-corrected chi connectivity index (χ0v) is 8.79. The minimum atomic E-state index is -0.853. The summed E-state index contributed by atoms with van der Waals surface area (Å²) < 4.78 is 0. The first-order chi connectivity index (χ1) is 7.16. The number of hydrogen-bond acceptors (Lipinski definition) is 2. The topological polar surface area (TPSA) is 49.3 Å². The molecule has 1 aliphatic carbocycles. The molecule has 0 amide bonds. The maximum Gasteiger partial charge on any atom is 0.335 e. The number of rotatable bonds is 4. The third-order valence-electron chi connectivity index (χ3n) is 2.69. The number of hydrogen-bond donors (Lipinski definition) is 2. The fraction of sp³-hybridized carbons (Fsp3) is 0.417. The van der Waals surface area contributed by atoms with Crippen LogP contribution in [-0.2, 0) is 6.54 Å². The van der Waals surface area contributed by atoms with Gasteiger partial charge in [-0.1, -0.05) is 12.1 Å². The molecule has 0 atom stereocenters. The van der Waals surface area contributed by atoms with E-state index in [-0.39, 0.29) is 0 Å². The van der Waals surface area contributed by atoms with Gasteiger partial charge in [-0.25, -0.2) is 4.79 Å². The Bertz CT molecular complexity index is 383. The summed E-state index contributed by atoms with van der Waals surface area (Å²) in [6, 6.07) is 6.19. The van der Waals surface area contributed by atoms with E-state index < -0.39 is 5.97 Å². The Kier molecular flexibility index (Phi) is 2.73. The number of nitrogens with one attached hydrogen (secondary N) is 1. The molecule has 3 nitrogen and oxygen atoms in total.